The van der Waals surface area contributed by atoms with Gasteiger partial charge in [-0.15, -0.1) is 23.1 Å². The second-order valence-electron chi connectivity index (χ2n) is 4.89. The van der Waals surface area contributed by atoms with Crippen LogP contribution in [0.15, 0.2) is 16.2 Å². The summed E-state index contributed by atoms with van der Waals surface area (Å²) in [5.74, 6) is -0.362. The Labute approximate surface area is 124 Å². The van der Waals surface area contributed by atoms with Crippen molar-refractivity contribution in [1.29, 1.82) is 0 Å². The van der Waals surface area contributed by atoms with Crippen LogP contribution in [0.1, 0.15) is 25.2 Å². The summed E-state index contributed by atoms with van der Waals surface area (Å²) >= 11 is 2.72. The van der Waals surface area contributed by atoms with Crippen molar-refractivity contribution in [2.45, 2.75) is 31.8 Å². The SMILES string of the molecule is Cc1csc2nc(CSC(C(=O)O)C(C)C)cc(=O)n12. The number of hydrogen-bond acceptors (Lipinski definition) is 5. The van der Waals surface area contributed by atoms with Crippen molar-refractivity contribution in [2.75, 3.05) is 0 Å². The molecular formula is C13H16N2O3S2. The summed E-state index contributed by atoms with van der Waals surface area (Å²) in [5.41, 5.74) is 1.39. The molecule has 7 heteroatoms. The smallest absolute Gasteiger partial charge is 0.316 e. The maximum absolute atomic E-state index is 12.0. The Morgan fingerprint density at radius 2 is 2.25 bits per heavy atom. The molecule has 0 radical (unpaired) electrons. The van der Waals surface area contributed by atoms with Crippen molar-refractivity contribution < 1.29 is 9.90 Å². The van der Waals surface area contributed by atoms with E-state index in [1.807, 2.05) is 26.2 Å². The lowest BCUT2D eigenvalue weighted by atomic mass is 10.1. The van der Waals surface area contributed by atoms with Crippen LogP contribution in [0, 0.1) is 12.8 Å². The first-order valence-corrected chi connectivity index (χ1v) is 8.14. The van der Waals surface area contributed by atoms with Gasteiger partial charge in [-0.05, 0) is 12.8 Å². The van der Waals surface area contributed by atoms with Gasteiger partial charge in [-0.25, -0.2) is 4.98 Å². The van der Waals surface area contributed by atoms with Crippen LogP contribution in [-0.4, -0.2) is 25.7 Å². The van der Waals surface area contributed by atoms with E-state index in [9.17, 15) is 9.59 Å². The maximum atomic E-state index is 12.0. The highest BCUT2D eigenvalue weighted by atomic mass is 32.2. The van der Waals surface area contributed by atoms with Crippen molar-refractivity contribution in [3.05, 3.63) is 33.2 Å². The summed E-state index contributed by atoms with van der Waals surface area (Å²) in [6, 6.07) is 1.49. The van der Waals surface area contributed by atoms with Gasteiger partial charge < -0.3 is 5.11 Å². The van der Waals surface area contributed by atoms with E-state index in [4.69, 9.17) is 5.11 Å². The number of carbonyl (C=O) groups is 1. The molecule has 108 valence electrons. The maximum Gasteiger partial charge on any atom is 0.316 e. The number of carboxylic acids is 1. The predicted octanol–water partition coefficient (Wildman–Crippen LogP) is 2.41. The van der Waals surface area contributed by atoms with Crippen LogP contribution in [0.2, 0.25) is 0 Å². The van der Waals surface area contributed by atoms with Gasteiger partial charge in [0.15, 0.2) is 4.96 Å². The molecule has 1 atom stereocenters. The van der Waals surface area contributed by atoms with Gasteiger partial charge in [0.2, 0.25) is 0 Å². The summed E-state index contributed by atoms with van der Waals surface area (Å²) in [5, 5.41) is 10.5. The van der Waals surface area contributed by atoms with Gasteiger partial charge in [0.05, 0.1) is 5.69 Å². The molecule has 2 aromatic heterocycles. The highest BCUT2D eigenvalue weighted by molar-refractivity contribution is 7.99. The number of thiazole rings is 1. The van der Waals surface area contributed by atoms with E-state index in [1.54, 1.807) is 4.40 Å². The highest BCUT2D eigenvalue weighted by Crippen LogP contribution is 2.23. The molecule has 1 N–H and O–H groups in total. The summed E-state index contributed by atoms with van der Waals surface area (Å²) in [4.78, 5) is 28.2. The number of rotatable bonds is 5. The topological polar surface area (TPSA) is 71.7 Å². The molecule has 0 aliphatic carbocycles. The second-order valence-corrected chi connectivity index (χ2v) is 6.86. The number of aryl methyl sites for hydroxylation is 1. The first kappa shape index (κ1) is 15.1. The molecule has 0 aliphatic rings. The largest absolute Gasteiger partial charge is 0.480 e. The molecule has 2 rings (SSSR count). The molecule has 2 aromatic rings. The number of hydrogen-bond donors (Lipinski definition) is 1. The fraction of sp³-hybridized carbons (Fsp3) is 0.462. The van der Waals surface area contributed by atoms with Crippen LogP contribution >= 0.6 is 23.1 Å². The zero-order chi connectivity index (χ0) is 14.9. The molecule has 0 fully saturated rings. The van der Waals surface area contributed by atoms with Crippen molar-refractivity contribution >= 4 is 34.0 Å². The molecule has 0 aromatic carbocycles. The minimum absolute atomic E-state index is 0.0336. The van der Waals surface area contributed by atoms with Gasteiger partial charge in [-0.1, -0.05) is 13.8 Å². The van der Waals surface area contributed by atoms with Gasteiger partial charge in [0.25, 0.3) is 5.56 Å². The third-order valence-electron chi connectivity index (χ3n) is 2.89. The van der Waals surface area contributed by atoms with E-state index in [1.165, 1.54) is 29.2 Å². The van der Waals surface area contributed by atoms with Crippen molar-refractivity contribution in [1.82, 2.24) is 9.38 Å². The lowest BCUT2D eigenvalue weighted by molar-refractivity contribution is -0.137. The van der Waals surface area contributed by atoms with Gasteiger partial charge in [0, 0.05) is 22.9 Å². The lowest BCUT2D eigenvalue weighted by Gasteiger charge is -2.15. The van der Waals surface area contributed by atoms with Crippen molar-refractivity contribution in [2.24, 2.45) is 5.92 Å². The predicted molar refractivity (Wildman–Crippen MR) is 81.6 cm³/mol. The first-order chi connectivity index (χ1) is 9.40. The van der Waals surface area contributed by atoms with Crippen LogP contribution < -0.4 is 5.56 Å². The standard InChI is InChI=1S/C13H16N2O3S2/c1-7(2)11(12(17)18)19-6-9-4-10(16)15-8(3)5-20-13(15)14-9/h4-5,7,11H,6H2,1-3H3,(H,17,18). The molecule has 0 bridgehead atoms. The monoisotopic (exact) mass is 312 g/mol. The number of aromatic nitrogens is 2. The minimum Gasteiger partial charge on any atom is -0.480 e. The highest BCUT2D eigenvalue weighted by Gasteiger charge is 2.22. The van der Waals surface area contributed by atoms with Gasteiger partial charge in [-0.3, -0.25) is 14.0 Å². The van der Waals surface area contributed by atoms with E-state index in [2.05, 4.69) is 4.98 Å². The van der Waals surface area contributed by atoms with E-state index in [-0.39, 0.29) is 11.5 Å². The zero-order valence-electron chi connectivity index (χ0n) is 11.5. The average Bonchev–Trinajstić information content (AvgIpc) is 2.70. The second kappa shape index (κ2) is 5.97. The molecular weight excluding hydrogens is 296 g/mol. The molecule has 0 spiro atoms. The van der Waals surface area contributed by atoms with Crippen LogP contribution in [0.3, 0.4) is 0 Å². The first-order valence-electron chi connectivity index (χ1n) is 6.21. The van der Waals surface area contributed by atoms with Crippen LogP contribution in [0.5, 0.6) is 0 Å². The Kier molecular flexibility index (Phi) is 4.49. The molecule has 0 amide bonds. The summed E-state index contributed by atoms with van der Waals surface area (Å²) < 4.78 is 1.57. The fourth-order valence-corrected chi connectivity index (χ4v) is 3.82. The number of carboxylic acid groups (broad SMARTS) is 1. The van der Waals surface area contributed by atoms with Crippen molar-refractivity contribution in [3.63, 3.8) is 0 Å². The minimum atomic E-state index is -0.824. The van der Waals surface area contributed by atoms with E-state index < -0.39 is 11.2 Å². The van der Waals surface area contributed by atoms with Gasteiger partial charge in [0.1, 0.15) is 5.25 Å². The lowest BCUT2D eigenvalue weighted by Crippen LogP contribution is -2.23. The Morgan fingerprint density at radius 3 is 2.85 bits per heavy atom. The van der Waals surface area contributed by atoms with Gasteiger partial charge in [-0.2, -0.15) is 0 Å². The fourth-order valence-electron chi connectivity index (χ4n) is 1.90. The quantitative estimate of drug-likeness (QED) is 0.918. The molecule has 0 aliphatic heterocycles. The van der Waals surface area contributed by atoms with Crippen LogP contribution in [0.4, 0.5) is 0 Å². The molecule has 1 unspecified atom stereocenters. The third-order valence-corrected chi connectivity index (χ3v) is 5.40. The zero-order valence-corrected chi connectivity index (χ0v) is 13.1. The third kappa shape index (κ3) is 3.04. The molecule has 0 saturated carbocycles. The summed E-state index contributed by atoms with van der Waals surface area (Å²) in [7, 11) is 0. The average molecular weight is 312 g/mol. The molecule has 0 saturated heterocycles. The van der Waals surface area contributed by atoms with Gasteiger partial charge >= 0.3 is 5.97 Å². The molecule has 2 heterocycles. The van der Waals surface area contributed by atoms with E-state index >= 15 is 0 Å². The van der Waals surface area contributed by atoms with Crippen LogP contribution in [-0.2, 0) is 10.5 Å². The van der Waals surface area contributed by atoms with Crippen molar-refractivity contribution in [3.8, 4) is 0 Å². The van der Waals surface area contributed by atoms with E-state index in [0.717, 1.165) is 5.69 Å². The Bertz CT molecular complexity index is 690. The van der Waals surface area contributed by atoms with Crippen LogP contribution in [0.25, 0.3) is 4.96 Å². The normalized spacial score (nSPS) is 13.0. The van der Waals surface area contributed by atoms with E-state index in [0.29, 0.717) is 16.4 Å². The number of nitrogens with zero attached hydrogens (tertiary/aromatic N) is 2. The Balaban J connectivity index is 2.22. The number of aliphatic carboxylic acids is 1. The molecule has 5 nitrogen and oxygen atoms in total. The Morgan fingerprint density at radius 1 is 1.55 bits per heavy atom. The number of fused-ring (bicyclic) bond motifs is 1. The summed E-state index contributed by atoms with van der Waals surface area (Å²) in [6.45, 7) is 5.61. The number of thioether (sulfide) groups is 1. The Hall–Kier alpha value is -1.34. The molecule has 20 heavy (non-hydrogen) atoms. The summed E-state index contributed by atoms with van der Waals surface area (Å²) in [6.07, 6.45) is 0.